The minimum absolute atomic E-state index is 0.0530. The van der Waals surface area contributed by atoms with E-state index in [-0.39, 0.29) is 17.7 Å². The molecule has 0 bridgehead atoms. The SMILES string of the molecule is COc1cc(NC(=O)[C@H](NC(=O)c2ccccc2Cl)C(C)C)ccc1N1CCCC1=O. The molecule has 0 aliphatic carbocycles. The Bertz CT molecular complexity index is 993. The minimum Gasteiger partial charge on any atom is -0.494 e. The maximum absolute atomic E-state index is 12.9. The van der Waals surface area contributed by atoms with E-state index in [1.807, 2.05) is 13.8 Å². The van der Waals surface area contributed by atoms with Crippen LogP contribution in [0.2, 0.25) is 5.02 Å². The zero-order valence-electron chi connectivity index (χ0n) is 17.8. The fourth-order valence-electron chi connectivity index (χ4n) is 3.50. The molecule has 1 aliphatic heterocycles. The van der Waals surface area contributed by atoms with Crippen molar-refractivity contribution >= 4 is 40.7 Å². The van der Waals surface area contributed by atoms with Gasteiger partial charge in [-0.3, -0.25) is 14.4 Å². The molecule has 1 fully saturated rings. The third kappa shape index (κ3) is 5.17. The fraction of sp³-hybridized carbons (Fsp3) is 0.348. The van der Waals surface area contributed by atoms with Crippen LogP contribution >= 0.6 is 11.6 Å². The van der Waals surface area contributed by atoms with Gasteiger partial charge in [0, 0.05) is 24.7 Å². The van der Waals surface area contributed by atoms with Crippen molar-refractivity contribution in [2.45, 2.75) is 32.7 Å². The highest BCUT2D eigenvalue weighted by Gasteiger charge is 2.27. The third-order valence-corrected chi connectivity index (χ3v) is 5.50. The summed E-state index contributed by atoms with van der Waals surface area (Å²) in [4.78, 5) is 39.3. The Morgan fingerprint density at radius 3 is 2.52 bits per heavy atom. The first-order valence-electron chi connectivity index (χ1n) is 10.2. The molecule has 3 rings (SSSR count). The van der Waals surface area contributed by atoms with Crippen LogP contribution < -0.4 is 20.3 Å². The summed E-state index contributed by atoms with van der Waals surface area (Å²) in [5, 5.41) is 5.91. The Labute approximate surface area is 186 Å². The van der Waals surface area contributed by atoms with Crippen LogP contribution in [0.1, 0.15) is 37.0 Å². The first-order chi connectivity index (χ1) is 14.8. The van der Waals surface area contributed by atoms with Crippen LogP contribution in [0.25, 0.3) is 0 Å². The average Bonchev–Trinajstić information content (AvgIpc) is 3.17. The van der Waals surface area contributed by atoms with Crippen LogP contribution in [0, 0.1) is 5.92 Å². The van der Waals surface area contributed by atoms with E-state index >= 15 is 0 Å². The highest BCUT2D eigenvalue weighted by atomic mass is 35.5. The number of rotatable bonds is 7. The summed E-state index contributed by atoms with van der Waals surface area (Å²) in [7, 11) is 1.52. The van der Waals surface area contributed by atoms with Crippen molar-refractivity contribution in [3.05, 3.63) is 53.1 Å². The van der Waals surface area contributed by atoms with Crippen molar-refractivity contribution in [2.75, 3.05) is 23.9 Å². The van der Waals surface area contributed by atoms with Crippen molar-refractivity contribution in [1.29, 1.82) is 0 Å². The summed E-state index contributed by atoms with van der Waals surface area (Å²) in [6, 6.07) is 11.1. The maximum atomic E-state index is 12.9. The predicted octanol–water partition coefficient (Wildman–Crippen LogP) is 3.87. The van der Waals surface area contributed by atoms with E-state index < -0.39 is 11.9 Å². The van der Waals surface area contributed by atoms with Crippen molar-refractivity contribution in [3.63, 3.8) is 0 Å². The van der Waals surface area contributed by atoms with E-state index in [0.29, 0.717) is 40.7 Å². The van der Waals surface area contributed by atoms with Gasteiger partial charge in [0.25, 0.3) is 5.91 Å². The Balaban J connectivity index is 1.75. The Morgan fingerprint density at radius 2 is 1.90 bits per heavy atom. The summed E-state index contributed by atoms with van der Waals surface area (Å²) >= 11 is 6.10. The highest BCUT2D eigenvalue weighted by Crippen LogP contribution is 2.34. The molecule has 2 aromatic rings. The quantitative estimate of drug-likeness (QED) is 0.680. The molecule has 0 aromatic heterocycles. The van der Waals surface area contributed by atoms with Crippen LogP contribution in [0.3, 0.4) is 0 Å². The van der Waals surface area contributed by atoms with Crippen molar-refractivity contribution in [2.24, 2.45) is 5.92 Å². The normalized spacial score (nSPS) is 14.5. The van der Waals surface area contributed by atoms with Crippen LogP contribution in [0.5, 0.6) is 5.75 Å². The highest BCUT2D eigenvalue weighted by molar-refractivity contribution is 6.33. The number of nitrogens with zero attached hydrogens (tertiary/aromatic N) is 1. The largest absolute Gasteiger partial charge is 0.494 e. The second-order valence-corrected chi connectivity index (χ2v) is 8.11. The number of nitrogens with one attached hydrogen (secondary N) is 2. The molecule has 1 atom stereocenters. The lowest BCUT2D eigenvalue weighted by Gasteiger charge is -2.23. The molecule has 1 aliphatic rings. The van der Waals surface area contributed by atoms with Crippen molar-refractivity contribution in [1.82, 2.24) is 5.32 Å². The summed E-state index contributed by atoms with van der Waals surface area (Å²) in [6.45, 7) is 4.34. The number of anilines is 2. The number of benzene rings is 2. The van der Waals surface area contributed by atoms with Gasteiger partial charge in [-0.25, -0.2) is 0 Å². The number of ether oxygens (including phenoxy) is 1. The van der Waals surface area contributed by atoms with Gasteiger partial charge in [-0.05, 0) is 36.6 Å². The molecule has 3 amide bonds. The molecule has 0 radical (unpaired) electrons. The van der Waals surface area contributed by atoms with E-state index in [4.69, 9.17) is 16.3 Å². The molecule has 1 heterocycles. The van der Waals surface area contributed by atoms with Crippen LogP contribution in [-0.2, 0) is 9.59 Å². The number of hydrogen-bond acceptors (Lipinski definition) is 4. The summed E-state index contributed by atoms with van der Waals surface area (Å²) in [6.07, 6.45) is 1.32. The van der Waals surface area contributed by atoms with E-state index in [2.05, 4.69) is 10.6 Å². The van der Waals surface area contributed by atoms with E-state index in [9.17, 15) is 14.4 Å². The summed E-state index contributed by atoms with van der Waals surface area (Å²) < 4.78 is 5.44. The van der Waals surface area contributed by atoms with Gasteiger partial charge in [0.05, 0.1) is 23.4 Å². The number of methoxy groups -OCH3 is 1. The summed E-state index contributed by atoms with van der Waals surface area (Å²) in [5.41, 5.74) is 1.49. The number of halogens is 1. The first-order valence-corrected chi connectivity index (χ1v) is 10.5. The molecule has 0 unspecified atom stereocenters. The second kappa shape index (κ2) is 9.83. The molecule has 164 valence electrons. The average molecular weight is 444 g/mol. The first kappa shape index (κ1) is 22.6. The van der Waals surface area contributed by atoms with Crippen LogP contribution in [0.15, 0.2) is 42.5 Å². The van der Waals surface area contributed by atoms with Crippen LogP contribution in [-0.4, -0.2) is 37.4 Å². The molecule has 2 aromatic carbocycles. The van der Waals surface area contributed by atoms with Crippen LogP contribution in [0.4, 0.5) is 11.4 Å². The topological polar surface area (TPSA) is 87.7 Å². The lowest BCUT2D eigenvalue weighted by atomic mass is 10.0. The van der Waals surface area contributed by atoms with Gasteiger partial charge < -0.3 is 20.3 Å². The smallest absolute Gasteiger partial charge is 0.253 e. The Hall–Kier alpha value is -3.06. The zero-order valence-corrected chi connectivity index (χ0v) is 18.5. The number of carbonyl (C=O) groups excluding carboxylic acids is 3. The zero-order chi connectivity index (χ0) is 22.5. The molecule has 1 saturated heterocycles. The molecular formula is C23H26ClN3O4. The van der Waals surface area contributed by atoms with Gasteiger partial charge in [-0.2, -0.15) is 0 Å². The standard InChI is InChI=1S/C23H26ClN3O4/c1-14(2)21(26-22(29)16-7-4-5-8-17(16)24)23(30)25-15-10-11-18(19(13-15)31-3)27-12-6-9-20(27)28/h4-5,7-8,10-11,13-14,21H,6,9,12H2,1-3H3,(H,25,30)(H,26,29)/t21-/m1/s1. The molecule has 7 nitrogen and oxygen atoms in total. The van der Waals surface area contributed by atoms with Gasteiger partial charge in [0.2, 0.25) is 11.8 Å². The Kier molecular flexibility index (Phi) is 7.17. The monoisotopic (exact) mass is 443 g/mol. The molecular weight excluding hydrogens is 418 g/mol. The van der Waals surface area contributed by atoms with Crippen molar-refractivity contribution in [3.8, 4) is 5.75 Å². The summed E-state index contributed by atoms with van der Waals surface area (Å²) in [5.74, 6) is -0.385. The van der Waals surface area contributed by atoms with Gasteiger partial charge in [-0.15, -0.1) is 0 Å². The molecule has 0 spiro atoms. The van der Waals surface area contributed by atoms with Gasteiger partial charge in [-0.1, -0.05) is 37.6 Å². The lowest BCUT2D eigenvalue weighted by molar-refractivity contribution is -0.119. The number of amides is 3. The third-order valence-electron chi connectivity index (χ3n) is 5.17. The second-order valence-electron chi connectivity index (χ2n) is 7.70. The molecule has 2 N–H and O–H groups in total. The Morgan fingerprint density at radius 1 is 1.16 bits per heavy atom. The lowest BCUT2D eigenvalue weighted by Crippen LogP contribution is -2.47. The van der Waals surface area contributed by atoms with Gasteiger partial charge in [0.15, 0.2) is 0 Å². The maximum Gasteiger partial charge on any atom is 0.253 e. The number of hydrogen-bond donors (Lipinski definition) is 2. The van der Waals surface area contributed by atoms with Crippen molar-refractivity contribution < 1.29 is 19.1 Å². The molecule has 31 heavy (non-hydrogen) atoms. The number of carbonyl (C=O) groups is 3. The van der Waals surface area contributed by atoms with E-state index in [1.165, 1.54) is 7.11 Å². The minimum atomic E-state index is -0.769. The van der Waals surface area contributed by atoms with E-state index in [0.717, 1.165) is 6.42 Å². The van der Waals surface area contributed by atoms with Gasteiger partial charge >= 0.3 is 0 Å². The van der Waals surface area contributed by atoms with E-state index in [1.54, 1.807) is 47.4 Å². The van der Waals surface area contributed by atoms with Gasteiger partial charge in [0.1, 0.15) is 11.8 Å². The molecule has 8 heteroatoms. The molecule has 0 saturated carbocycles. The predicted molar refractivity (Wildman–Crippen MR) is 121 cm³/mol. The fourth-order valence-corrected chi connectivity index (χ4v) is 3.72.